The standard InChI is InChI=1S/C17H23BrN4O2S.HI/c1-12-7-10-24-15(12)16(23)20-8-4-9-21-17(19-2)22(3)11-13-5-6-14(18)25-13;/h5-7,10H,4,8-9,11H2,1-3H3,(H,19,21)(H,20,23);1H. The number of aliphatic imine (C=N–C) groups is 1. The molecule has 0 fully saturated rings. The average molecular weight is 555 g/mol. The normalized spacial score (nSPS) is 11.0. The topological polar surface area (TPSA) is 69.9 Å². The SMILES string of the molecule is CN=C(NCCCNC(=O)c1occc1C)N(C)Cc1ccc(Br)s1.I. The Morgan fingerprint density at radius 1 is 1.31 bits per heavy atom. The van der Waals surface area contributed by atoms with Crippen LogP contribution in [0.25, 0.3) is 0 Å². The zero-order valence-corrected chi connectivity index (χ0v) is 19.8. The molecule has 2 heterocycles. The minimum Gasteiger partial charge on any atom is -0.459 e. The van der Waals surface area contributed by atoms with E-state index in [0.717, 1.165) is 34.8 Å². The molecule has 0 radical (unpaired) electrons. The molecule has 1 amide bonds. The van der Waals surface area contributed by atoms with Gasteiger partial charge in [-0.3, -0.25) is 9.79 Å². The summed E-state index contributed by atoms with van der Waals surface area (Å²) in [4.78, 5) is 19.6. The molecule has 0 saturated heterocycles. The second-order valence-electron chi connectivity index (χ2n) is 5.58. The highest BCUT2D eigenvalue weighted by molar-refractivity contribution is 14.0. The van der Waals surface area contributed by atoms with Crippen LogP contribution in [0.2, 0.25) is 0 Å². The van der Waals surface area contributed by atoms with E-state index in [4.69, 9.17) is 4.42 Å². The first kappa shape index (κ1) is 23.0. The van der Waals surface area contributed by atoms with Crippen molar-refractivity contribution in [1.29, 1.82) is 0 Å². The average Bonchev–Trinajstić information content (AvgIpc) is 3.18. The van der Waals surface area contributed by atoms with Crippen molar-refractivity contribution < 1.29 is 9.21 Å². The number of nitrogens with one attached hydrogen (secondary N) is 2. The van der Waals surface area contributed by atoms with Gasteiger partial charge < -0.3 is 20.0 Å². The number of hydrogen-bond donors (Lipinski definition) is 2. The van der Waals surface area contributed by atoms with E-state index >= 15 is 0 Å². The fraction of sp³-hybridized carbons (Fsp3) is 0.412. The number of guanidine groups is 1. The van der Waals surface area contributed by atoms with Gasteiger partial charge in [0.2, 0.25) is 0 Å². The number of nitrogens with zero attached hydrogens (tertiary/aromatic N) is 2. The molecule has 6 nitrogen and oxygen atoms in total. The number of halogens is 2. The maximum Gasteiger partial charge on any atom is 0.287 e. The number of furan rings is 1. The van der Waals surface area contributed by atoms with Gasteiger partial charge in [0.15, 0.2) is 11.7 Å². The minimum absolute atomic E-state index is 0. The van der Waals surface area contributed by atoms with Crippen LogP contribution in [0.1, 0.15) is 27.4 Å². The van der Waals surface area contributed by atoms with Crippen molar-refractivity contribution in [2.24, 2.45) is 4.99 Å². The summed E-state index contributed by atoms with van der Waals surface area (Å²) < 4.78 is 6.30. The van der Waals surface area contributed by atoms with E-state index in [0.29, 0.717) is 12.3 Å². The third kappa shape index (κ3) is 6.92. The Balaban J connectivity index is 0.00000338. The molecule has 0 aliphatic carbocycles. The zero-order valence-electron chi connectivity index (χ0n) is 15.0. The second kappa shape index (κ2) is 11.6. The van der Waals surface area contributed by atoms with Crippen molar-refractivity contribution in [2.45, 2.75) is 19.9 Å². The maximum absolute atomic E-state index is 11.9. The van der Waals surface area contributed by atoms with Crippen molar-refractivity contribution in [3.63, 3.8) is 0 Å². The van der Waals surface area contributed by atoms with Crippen LogP contribution in [0.4, 0.5) is 0 Å². The summed E-state index contributed by atoms with van der Waals surface area (Å²) in [6, 6.07) is 5.93. The molecule has 0 aliphatic rings. The predicted octanol–water partition coefficient (Wildman–Crippen LogP) is 3.86. The highest BCUT2D eigenvalue weighted by atomic mass is 127. The highest BCUT2D eigenvalue weighted by Crippen LogP contribution is 2.22. The molecule has 0 spiro atoms. The Morgan fingerprint density at radius 2 is 2.04 bits per heavy atom. The van der Waals surface area contributed by atoms with Gasteiger partial charge in [-0.25, -0.2) is 0 Å². The quantitative estimate of drug-likeness (QED) is 0.236. The first-order chi connectivity index (χ1) is 12.0. The van der Waals surface area contributed by atoms with Crippen molar-refractivity contribution in [3.8, 4) is 0 Å². The summed E-state index contributed by atoms with van der Waals surface area (Å²) in [5, 5.41) is 6.17. The van der Waals surface area contributed by atoms with Gasteiger partial charge in [-0.15, -0.1) is 35.3 Å². The number of carbonyl (C=O) groups excluding carboxylic acids is 1. The van der Waals surface area contributed by atoms with Crippen LogP contribution in [0, 0.1) is 6.92 Å². The van der Waals surface area contributed by atoms with E-state index in [9.17, 15) is 4.79 Å². The van der Waals surface area contributed by atoms with E-state index in [1.807, 2.05) is 20.0 Å². The van der Waals surface area contributed by atoms with E-state index in [-0.39, 0.29) is 29.9 Å². The number of aryl methyl sites for hydroxylation is 1. The number of thiophene rings is 1. The van der Waals surface area contributed by atoms with Crippen LogP contribution in [0.5, 0.6) is 0 Å². The van der Waals surface area contributed by atoms with Crippen molar-refractivity contribution in [3.05, 3.63) is 44.4 Å². The Kier molecular flexibility index (Phi) is 10.3. The molecule has 2 N–H and O–H groups in total. The van der Waals surface area contributed by atoms with Crippen molar-refractivity contribution in [1.82, 2.24) is 15.5 Å². The number of carbonyl (C=O) groups is 1. The molecule has 2 aromatic heterocycles. The molecule has 9 heteroatoms. The molecule has 2 rings (SSSR count). The minimum atomic E-state index is -0.174. The summed E-state index contributed by atoms with van der Waals surface area (Å²) in [6.07, 6.45) is 2.32. The van der Waals surface area contributed by atoms with Gasteiger partial charge in [-0.05, 0) is 47.5 Å². The third-order valence-electron chi connectivity index (χ3n) is 3.59. The van der Waals surface area contributed by atoms with Crippen molar-refractivity contribution in [2.75, 3.05) is 27.2 Å². The van der Waals surface area contributed by atoms with Gasteiger partial charge in [0.05, 0.1) is 16.6 Å². The fourth-order valence-electron chi connectivity index (χ4n) is 2.31. The smallest absolute Gasteiger partial charge is 0.287 e. The summed E-state index contributed by atoms with van der Waals surface area (Å²) in [6.45, 7) is 3.95. The summed E-state index contributed by atoms with van der Waals surface area (Å²) in [5.41, 5.74) is 0.845. The number of hydrogen-bond acceptors (Lipinski definition) is 4. The van der Waals surface area contributed by atoms with Crippen LogP contribution in [0.3, 0.4) is 0 Å². The zero-order chi connectivity index (χ0) is 18.2. The Bertz CT molecular complexity index is 732. The van der Waals surface area contributed by atoms with Gasteiger partial charge in [0, 0.05) is 37.6 Å². The largest absolute Gasteiger partial charge is 0.459 e. The van der Waals surface area contributed by atoms with E-state index < -0.39 is 0 Å². The Hall–Kier alpha value is -1.07. The molecule has 0 aliphatic heterocycles. The van der Waals surface area contributed by atoms with Crippen LogP contribution in [-0.4, -0.2) is 44.0 Å². The third-order valence-corrected chi connectivity index (χ3v) is 5.19. The van der Waals surface area contributed by atoms with Gasteiger partial charge in [-0.2, -0.15) is 0 Å². The summed E-state index contributed by atoms with van der Waals surface area (Å²) in [5.74, 6) is 1.04. The number of amides is 1. The lowest BCUT2D eigenvalue weighted by atomic mass is 10.2. The van der Waals surface area contributed by atoms with Crippen molar-refractivity contribution >= 4 is 63.1 Å². The van der Waals surface area contributed by atoms with E-state index in [1.165, 1.54) is 11.1 Å². The molecule has 0 bridgehead atoms. The van der Waals surface area contributed by atoms with Gasteiger partial charge in [-0.1, -0.05) is 0 Å². The summed E-state index contributed by atoms with van der Waals surface area (Å²) >= 11 is 5.19. The molecular formula is C17H24BrIN4O2S. The summed E-state index contributed by atoms with van der Waals surface area (Å²) in [7, 11) is 3.77. The molecule has 2 aromatic rings. The van der Waals surface area contributed by atoms with Crippen LogP contribution in [0.15, 0.2) is 37.7 Å². The van der Waals surface area contributed by atoms with Crippen LogP contribution >= 0.6 is 51.2 Å². The lowest BCUT2D eigenvalue weighted by Gasteiger charge is -2.21. The first-order valence-corrected chi connectivity index (χ1v) is 9.60. The first-order valence-electron chi connectivity index (χ1n) is 7.99. The molecule has 26 heavy (non-hydrogen) atoms. The molecular weight excluding hydrogens is 531 g/mol. The lowest BCUT2D eigenvalue weighted by Crippen LogP contribution is -2.39. The van der Waals surface area contributed by atoms with Crippen LogP contribution in [-0.2, 0) is 6.54 Å². The molecule has 144 valence electrons. The Labute approximate surface area is 183 Å². The Morgan fingerprint density at radius 3 is 2.62 bits per heavy atom. The van der Waals surface area contributed by atoms with Crippen LogP contribution < -0.4 is 10.6 Å². The second-order valence-corrected chi connectivity index (χ2v) is 8.13. The predicted molar refractivity (Wildman–Crippen MR) is 121 cm³/mol. The molecule has 0 aromatic carbocycles. The fourth-order valence-corrected chi connectivity index (χ4v) is 3.84. The van der Waals surface area contributed by atoms with Gasteiger partial charge in [0.1, 0.15) is 0 Å². The molecule has 0 saturated carbocycles. The molecule has 0 unspecified atom stereocenters. The highest BCUT2D eigenvalue weighted by Gasteiger charge is 2.12. The van der Waals surface area contributed by atoms with E-state index in [2.05, 4.69) is 42.5 Å². The van der Waals surface area contributed by atoms with Gasteiger partial charge >= 0.3 is 0 Å². The maximum atomic E-state index is 11.9. The van der Waals surface area contributed by atoms with Gasteiger partial charge in [0.25, 0.3) is 5.91 Å². The molecule has 0 atom stereocenters. The monoisotopic (exact) mass is 554 g/mol. The lowest BCUT2D eigenvalue weighted by molar-refractivity contribution is 0.0925. The van der Waals surface area contributed by atoms with E-state index in [1.54, 1.807) is 24.5 Å². The number of rotatable bonds is 7.